The van der Waals surface area contributed by atoms with Crippen LogP contribution in [0, 0.1) is 5.41 Å². The van der Waals surface area contributed by atoms with Gasteiger partial charge in [0.1, 0.15) is 0 Å². The summed E-state index contributed by atoms with van der Waals surface area (Å²) in [6.45, 7) is 9.25. The molecule has 25 heavy (non-hydrogen) atoms. The van der Waals surface area contributed by atoms with Gasteiger partial charge in [0.25, 0.3) is 5.71 Å². The zero-order valence-electron chi connectivity index (χ0n) is 17.9. The molecule has 2 nitrogen and oxygen atoms in total. The molecule has 0 unspecified atom stereocenters. The van der Waals surface area contributed by atoms with Crippen LogP contribution >= 0.6 is 0 Å². The second-order valence-electron chi connectivity index (χ2n) is 9.07. The van der Waals surface area contributed by atoms with Crippen LogP contribution in [-0.2, 0) is 0 Å². The van der Waals surface area contributed by atoms with Gasteiger partial charge in [-0.25, -0.2) is 0 Å². The standard InChI is InChI=1S/C23H46N2/c1-5-6-7-8-9-10-13-16-19-22(25-24)20-17-14-11-12-15-18-21-23(2,3)4/h5-21H2,1-4H3. The SMILES string of the molecule is CCCCCCCCCCC(CCCCCCCCC(C)(C)C)=[N+]=[N-]. The van der Waals surface area contributed by atoms with E-state index in [0.717, 1.165) is 18.6 Å². The van der Waals surface area contributed by atoms with Crippen molar-refractivity contribution >= 4 is 5.71 Å². The average molecular weight is 351 g/mol. The number of rotatable bonds is 17. The lowest BCUT2D eigenvalue weighted by Gasteiger charge is -2.17. The molecule has 0 N–H and O–H groups in total. The van der Waals surface area contributed by atoms with Crippen LogP contribution in [-0.4, -0.2) is 10.5 Å². The molecule has 0 aliphatic rings. The van der Waals surface area contributed by atoms with Gasteiger partial charge in [0.15, 0.2) is 0 Å². The number of hydrogen-bond acceptors (Lipinski definition) is 0. The van der Waals surface area contributed by atoms with Crippen molar-refractivity contribution in [1.82, 2.24) is 0 Å². The monoisotopic (exact) mass is 350 g/mol. The lowest BCUT2D eigenvalue weighted by Crippen LogP contribution is -2.03. The maximum Gasteiger partial charge on any atom is 0.268 e. The van der Waals surface area contributed by atoms with Gasteiger partial charge in [-0.3, -0.25) is 0 Å². The van der Waals surface area contributed by atoms with E-state index in [4.69, 9.17) is 5.53 Å². The van der Waals surface area contributed by atoms with Crippen molar-refractivity contribution in [2.75, 3.05) is 0 Å². The van der Waals surface area contributed by atoms with Crippen LogP contribution in [0.15, 0.2) is 0 Å². The molecule has 148 valence electrons. The summed E-state index contributed by atoms with van der Waals surface area (Å²) < 4.78 is 0. The second kappa shape index (κ2) is 16.8. The Labute approximate surface area is 158 Å². The molecule has 0 aliphatic heterocycles. The molecule has 0 fully saturated rings. The van der Waals surface area contributed by atoms with E-state index in [0.29, 0.717) is 5.41 Å². The summed E-state index contributed by atoms with van der Waals surface area (Å²) in [6, 6.07) is 0. The van der Waals surface area contributed by atoms with E-state index in [9.17, 15) is 0 Å². The van der Waals surface area contributed by atoms with Crippen molar-refractivity contribution in [3.05, 3.63) is 5.53 Å². The minimum absolute atomic E-state index is 0.488. The van der Waals surface area contributed by atoms with Crippen LogP contribution in [0.4, 0.5) is 0 Å². The van der Waals surface area contributed by atoms with E-state index < -0.39 is 0 Å². The molecule has 0 amide bonds. The van der Waals surface area contributed by atoms with Crippen molar-refractivity contribution in [1.29, 1.82) is 0 Å². The molecular weight excluding hydrogens is 304 g/mol. The predicted octanol–water partition coefficient (Wildman–Crippen LogP) is 8.35. The summed E-state index contributed by atoms with van der Waals surface area (Å²) in [7, 11) is 0. The van der Waals surface area contributed by atoms with Crippen molar-refractivity contribution in [2.45, 2.75) is 137 Å². The van der Waals surface area contributed by atoms with Crippen molar-refractivity contribution in [3.8, 4) is 0 Å². The maximum atomic E-state index is 9.16. The van der Waals surface area contributed by atoms with E-state index in [1.807, 2.05) is 0 Å². The maximum absolute atomic E-state index is 9.16. The average Bonchev–Trinajstić information content (AvgIpc) is 2.56. The molecule has 0 saturated carbocycles. The molecule has 0 saturated heterocycles. The van der Waals surface area contributed by atoms with E-state index >= 15 is 0 Å². The molecule has 2 heteroatoms. The molecule has 0 bridgehead atoms. The Morgan fingerprint density at radius 2 is 1.04 bits per heavy atom. The first-order valence-electron chi connectivity index (χ1n) is 11.2. The largest absolute Gasteiger partial charge is 0.362 e. The van der Waals surface area contributed by atoms with Crippen LogP contribution in [0.1, 0.15) is 137 Å². The fourth-order valence-corrected chi connectivity index (χ4v) is 3.38. The topological polar surface area (TPSA) is 36.4 Å². The molecule has 0 atom stereocenters. The molecule has 0 rings (SSSR count). The van der Waals surface area contributed by atoms with Crippen LogP contribution in [0.5, 0.6) is 0 Å². The number of nitrogens with zero attached hydrogens (tertiary/aromatic N) is 2. The van der Waals surface area contributed by atoms with Crippen LogP contribution in [0.25, 0.3) is 5.53 Å². The number of unbranched alkanes of at least 4 members (excludes halogenated alkanes) is 12. The van der Waals surface area contributed by atoms with Gasteiger partial charge in [0.05, 0.1) is 0 Å². The van der Waals surface area contributed by atoms with Gasteiger partial charge in [-0.1, -0.05) is 105 Å². The summed E-state index contributed by atoms with van der Waals surface area (Å²) >= 11 is 0. The third kappa shape index (κ3) is 19.6. The molecule has 0 aromatic heterocycles. The van der Waals surface area contributed by atoms with Gasteiger partial charge in [0.2, 0.25) is 0 Å². The summed E-state index contributed by atoms with van der Waals surface area (Å²) in [6.07, 6.45) is 21.9. The van der Waals surface area contributed by atoms with E-state index in [1.165, 1.54) is 96.3 Å². The fraction of sp³-hybridized carbons (Fsp3) is 0.957. The Morgan fingerprint density at radius 1 is 0.640 bits per heavy atom. The van der Waals surface area contributed by atoms with Crippen LogP contribution in [0.2, 0.25) is 0 Å². The summed E-state index contributed by atoms with van der Waals surface area (Å²) in [5.74, 6) is 0. The third-order valence-electron chi connectivity index (χ3n) is 5.10. The molecule has 0 aromatic carbocycles. The molecular formula is C23H46N2. The highest BCUT2D eigenvalue weighted by molar-refractivity contribution is 5.78. The summed E-state index contributed by atoms with van der Waals surface area (Å²) in [5.41, 5.74) is 10.7. The normalized spacial score (nSPS) is 11.5. The van der Waals surface area contributed by atoms with Crippen molar-refractivity contribution in [3.63, 3.8) is 0 Å². The third-order valence-corrected chi connectivity index (χ3v) is 5.10. The van der Waals surface area contributed by atoms with Gasteiger partial charge in [-0.05, 0) is 24.7 Å². The quantitative estimate of drug-likeness (QED) is 0.109. The first-order valence-corrected chi connectivity index (χ1v) is 11.2. The second-order valence-corrected chi connectivity index (χ2v) is 9.07. The Morgan fingerprint density at radius 3 is 1.44 bits per heavy atom. The Kier molecular flexibility index (Phi) is 16.4. The minimum Gasteiger partial charge on any atom is -0.362 e. The Balaban J connectivity index is 3.41. The predicted molar refractivity (Wildman–Crippen MR) is 112 cm³/mol. The molecule has 0 aromatic rings. The fourth-order valence-electron chi connectivity index (χ4n) is 3.38. The summed E-state index contributed by atoms with van der Waals surface area (Å²) in [5, 5.41) is 0. The summed E-state index contributed by atoms with van der Waals surface area (Å²) in [4.78, 5) is 3.54. The molecule has 0 heterocycles. The van der Waals surface area contributed by atoms with Crippen LogP contribution in [0.3, 0.4) is 0 Å². The smallest absolute Gasteiger partial charge is 0.268 e. The van der Waals surface area contributed by atoms with E-state index in [2.05, 4.69) is 32.5 Å². The zero-order valence-corrected chi connectivity index (χ0v) is 17.9. The van der Waals surface area contributed by atoms with E-state index in [-0.39, 0.29) is 0 Å². The lowest BCUT2D eigenvalue weighted by atomic mass is 9.89. The minimum atomic E-state index is 0.488. The van der Waals surface area contributed by atoms with Gasteiger partial charge in [0, 0.05) is 12.8 Å². The van der Waals surface area contributed by atoms with E-state index in [1.54, 1.807) is 0 Å². The Hall–Kier alpha value is -0.620. The van der Waals surface area contributed by atoms with Crippen LogP contribution < -0.4 is 0 Å². The van der Waals surface area contributed by atoms with Gasteiger partial charge < -0.3 is 5.53 Å². The van der Waals surface area contributed by atoms with Gasteiger partial charge >= 0.3 is 0 Å². The first kappa shape index (κ1) is 24.4. The van der Waals surface area contributed by atoms with Crippen molar-refractivity contribution in [2.24, 2.45) is 5.41 Å². The lowest BCUT2D eigenvalue weighted by molar-refractivity contribution is -0.0118. The number of hydrogen-bond donors (Lipinski definition) is 0. The molecule has 0 spiro atoms. The highest BCUT2D eigenvalue weighted by atomic mass is 14.9. The highest BCUT2D eigenvalue weighted by Crippen LogP contribution is 2.22. The zero-order chi connectivity index (χ0) is 18.8. The molecule has 0 aliphatic carbocycles. The highest BCUT2D eigenvalue weighted by Gasteiger charge is 2.09. The molecule has 0 radical (unpaired) electrons. The van der Waals surface area contributed by atoms with Gasteiger partial charge in [-0.15, -0.1) is 0 Å². The van der Waals surface area contributed by atoms with Gasteiger partial charge in [-0.2, -0.15) is 4.79 Å². The Bertz CT molecular complexity index is 334. The van der Waals surface area contributed by atoms with Crippen molar-refractivity contribution < 1.29 is 4.79 Å². The first-order chi connectivity index (χ1) is 12.0.